The zero-order chi connectivity index (χ0) is 14.2. The number of hydrogen-bond donors (Lipinski definition) is 1. The van der Waals surface area contributed by atoms with Crippen molar-refractivity contribution in [3.8, 4) is 0 Å². The minimum atomic E-state index is -1.27. The molecule has 20 heavy (non-hydrogen) atoms. The molecule has 2 rings (SSSR count). The predicted octanol–water partition coefficient (Wildman–Crippen LogP) is 0.943. The third-order valence-corrected chi connectivity index (χ3v) is 5.07. The molecular formula is C16H18NO2Si. The van der Waals surface area contributed by atoms with Crippen molar-refractivity contribution < 1.29 is 9.22 Å². The zero-order valence-corrected chi connectivity index (χ0v) is 12.5. The van der Waals surface area contributed by atoms with Gasteiger partial charge in [-0.25, -0.2) is 0 Å². The summed E-state index contributed by atoms with van der Waals surface area (Å²) in [6, 6.07) is 20.5. The summed E-state index contributed by atoms with van der Waals surface area (Å²) >= 11 is 0. The highest BCUT2D eigenvalue weighted by Gasteiger charge is 2.19. The first-order chi connectivity index (χ1) is 9.81. The first-order valence-electron chi connectivity index (χ1n) is 6.61. The Bertz CT molecular complexity index is 479. The SMILES string of the molecule is C[C@@H](CO[Si](c1ccccc1)c1ccccc1)NC=O. The van der Waals surface area contributed by atoms with Crippen LogP contribution in [0.4, 0.5) is 0 Å². The summed E-state index contributed by atoms with van der Waals surface area (Å²) in [5.41, 5.74) is 0. The normalized spacial score (nSPS) is 12.1. The van der Waals surface area contributed by atoms with Gasteiger partial charge in [0.2, 0.25) is 6.41 Å². The van der Waals surface area contributed by atoms with Gasteiger partial charge in [-0.2, -0.15) is 0 Å². The summed E-state index contributed by atoms with van der Waals surface area (Å²) in [5, 5.41) is 5.13. The Labute approximate surface area is 121 Å². The van der Waals surface area contributed by atoms with Crippen molar-refractivity contribution in [3.63, 3.8) is 0 Å². The van der Waals surface area contributed by atoms with Gasteiger partial charge in [0.15, 0.2) is 0 Å². The number of amides is 1. The molecule has 0 heterocycles. The first kappa shape index (κ1) is 14.5. The molecule has 0 aromatic heterocycles. The van der Waals surface area contributed by atoms with Gasteiger partial charge in [-0.3, -0.25) is 4.79 Å². The molecule has 0 aliphatic rings. The standard InChI is InChI=1S/C16H18NO2Si/c1-14(17-13-18)12-19-20(15-8-4-2-5-9-15)16-10-6-3-7-11-16/h2-11,13-14H,12H2,1H3,(H,17,18)/t14-/m0/s1. The molecule has 0 bridgehead atoms. The largest absolute Gasteiger partial charge is 0.405 e. The fourth-order valence-electron chi connectivity index (χ4n) is 1.88. The highest BCUT2D eigenvalue weighted by atomic mass is 28.3. The molecule has 0 saturated heterocycles. The van der Waals surface area contributed by atoms with E-state index in [4.69, 9.17) is 4.43 Å². The zero-order valence-electron chi connectivity index (χ0n) is 11.5. The summed E-state index contributed by atoms with van der Waals surface area (Å²) in [7, 11) is -1.27. The van der Waals surface area contributed by atoms with Gasteiger partial charge in [0.25, 0.3) is 9.04 Å². The van der Waals surface area contributed by atoms with Crippen molar-refractivity contribution in [2.45, 2.75) is 13.0 Å². The second-order valence-corrected chi connectivity index (χ2v) is 6.66. The Hall–Kier alpha value is -1.91. The maximum Gasteiger partial charge on any atom is 0.282 e. The number of benzene rings is 2. The fourth-order valence-corrected chi connectivity index (χ4v) is 3.96. The van der Waals surface area contributed by atoms with Crippen molar-refractivity contribution >= 4 is 25.8 Å². The molecular weight excluding hydrogens is 266 g/mol. The van der Waals surface area contributed by atoms with Crippen molar-refractivity contribution in [2.24, 2.45) is 0 Å². The molecule has 1 amide bonds. The van der Waals surface area contributed by atoms with Gasteiger partial charge >= 0.3 is 0 Å². The van der Waals surface area contributed by atoms with Crippen LogP contribution in [0, 0.1) is 0 Å². The number of carbonyl (C=O) groups excluding carboxylic acids is 1. The lowest BCUT2D eigenvalue weighted by Crippen LogP contribution is -2.47. The van der Waals surface area contributed by atoms with Gasteiger partial charge in [-0.15, -0.1) is 0 Å². The van der Waals surface area contributed by atoms with E-state index >= 15 is 0 Å². The molecule has 0 fully saturated rings. The van der Waals surface area contributed by atoms with Crippen LogP contribution < -0.4 is 15.7 Å². The molecule has 0 saturated carbocycles. The Balaban J connectivity index is 2.15. The van der Waals surface area contributed by atoms with E-state index in [2.05, 4.69) is 29.6 Å². The van der Waals surface area contributed by atoms with Crippen LogP contribution in [0.15, 0.2) is 60.7 Å². The molecule has 1 atom stereocenters. The lowest BCUT2D eigenvalue weighted by Gasteiger charge is -2.19. The van der Waals surface area contributed by atoms with Crippen molar-refractivity contribution in [3.05, 3.63) is 60.7 Å². The third-order valence-electron chi connectivity index (χ3n) is 2.90. The van der Waals surface area contributed by atoms with E-state index in [1.54, 1.807) is 0 Å². The van der Waals surface area contributed by atoms with Gasteiger partial charge in [-0.1, -0.05) is 60.7 Å². The summed E-state index contributed by atoms with van der Waals surface area (Å²) in [4.78, 5) is 10.4. The summed E-state index contributed by atoms with van der Waals surface area (Å²) in [6.07, 6.45) is 0.714. The van der Waals surface area contributed by atoms with Crippen LogP contribution in [0.1, 0.15) is 6.92 Å². The number of carbonyl (C=O) groups is 1. The molecule has 0 aliphatic heterocycles. The average molecular weight is 284 g/mol. The van der Waals surface area contributed by atoms with Crippen LogP contribution in [-0.2, 0) is 9.22 Å². The van der Waals surface area contributed by atoms with E-state index in [-0.39, 0.29) is 6.04 Å². The number of rotatable bonds is 7. The van der Waals surface area contributed by atoms with Crippen LogP contribution in [-0.4, -0.2) is 28.1 Å². The van der Waals surface area contributed by atoms with Gasteiger partial charge in [0.05, 0.1) is 6.61 Å². The monoisotopic (exact) mass is 284 g/mol. The molecule has 4 heteroatoms. The molecule has 0 aliphatic carbocycles. The van der Waals surface area contributed by atoms with E-state index in [9.17, 15) is 4.79 Å². The van der Waals surface area contributed by atoms with Crippen LogP contribution in [0.3, 0.4) is 0 Å². The lowest BCUT2D eigenvalue weighted by molar-refractivity contribution is -0.110. The summed E-state index contributed by atoms with van der Waals surface area (Å²) in [6.45, 7) is 2.45. The van der Waals surface area contributed by atoms with Crippen LogP contribution in [0.5, 0.6) is 0 Å². The van der Waals surface area contributed by atoms with Gasteiger partial charge in [0, 0.05) is 6.04 Å². The lowest BCUT2D eigenvalue weighted by atomic mass is 10.4. The van der Waals surface area contributed by atoms with Crippen LogP contribution >= 0.6 is 0 Å². The highest BCUT2D eigenvalue weighted by Crippen LogP contribution is 1.96. The Morgan fingerprint density at radius 1 is 1.05 bits per heavy atom. The third kappa shape index (κ3) is 4.04. The topological polar surface area (TPSA) is 38.3 Å². The molecule has 1 radical (unpaired) electrons. The predicted molar refractivity (Wildman–Crippen MR) is 82.5 cm³/mol. The summed E-state index contributed by atoms with van der Waals surface area (Å²) < 4.78 is 6.11. The number of hydrogen-bond acceptors (Lipinski definition) is 2. The molecule has 0 unspecified atom stereocenters. The Morgan fingerprint density at radius 3 is 2.00 bits per heavy atom. The Morgan fingerprint density at radius 2 is 1.55 bits per heavy atom. The molecule has 3 nitrogen and oxygen atoms in total. The molecule has 1 N–H and O–H groups in total. The first-order valence-corrected chi connectivity index (χ1v) is 8.02. The average Bonchev–Trinajstić information content (AvgIpc) is 2.50. The fraction of sp³-hybridized carbons (Fsp3) is 0.188. The second-order valence-electron chi connectivity index (χ2n) is 4.56. The van der Waals surface area contributed by atoms with Crippen LogP contribution in [0.25, 0.3) is 0 Å². The highest BCUT2D eigenvalue weighted by molar-refractivity contribution is 6.80. The minimum Gasteiger partial charge on any atom is -0.405 e. The molecule has 2 aromatic carbocycles. The minimum absolute atomic E-state index is 0.0138. The van der Waals surface area contributed by atoms with Gasteiger partial charge < -0.3 is 9.74 Å². The van der Waals surface area contributed by atoms with Crippen molar-refractivity contribution in [2.75, 3.05) is 6.61 Å². The van der Waals surface area contributed by atoms with E-state index in [1.165, 1.54) is 10.4 Å². The van der Waals surface area contributed by atoms with E-state index < -0.39 is 9.04 Å². The number of nitrogens with one attached hydrogen (secondary N) is 1. The van der Waals surface area contributed by atoms with Gasteiger partial charge in [-0.05, 0) is 17.3 Å². The maximum absolute atomic E-state index is 10.4. The quantitative estimate of drug-likeness (QED) is 0.607. The second kappa shape index (κ2) is 7.62. The van der Waals surface area contributed by atoms with Crippen molar-refractivity contribution in [1.29, 1.82) is 0 Å². The molecule has 2 aromatic rings. The molecule has 103 valence electrons. The molecule has 0 spiro atoms. The summed E-state index contributed by atoms with van der Waals surface area (Å²) in [5.74, 6) is 0. The van der Waals surface area contributed by atoms with Gasteiger partial charge in [0.1, 0.15) is 0 Å². The Kier molecular flexibility index (Phi) is 5.52. The van der Waals surface area contributed by atoms with E-state index in [0.717, 1.165) is 0 Å². The van der Waals surface area contributed by atoms with Crippen molar-refractivity contribution in [1.82, 2.24) is 5.32 Å². The van der Waals surface area contributed by atoms with E-state index in [1.807, 2.05) is 43.3 Å². The van der Waals surface area contributed by atoms with E-state index in [0.29, 0.717) is 13.0 Å². The van der Waals surface area contributed by atoms with Crippen LogP contribution in [0.2, 0.25) is 0 Å². The smallest absolute Gasteiger partial charge is 0.282 e. The maximum atomic E-state index is 10.4.